The van der Waals surface area contributed by atoms with E-state index in [1.165, 1.54) is 0 Å². The Hall–Kier alpha value is -0.900. The van der Waals surface area contributed by atoms with E-state index in [9.17, 15) is 4.79 Å². The molecular formula is C13H17BrN2O. The maximum absolute atomic E-state index is 12.3. The van der Waals surface area contributed by atoms with Crippen LogP contribution >= 0.6 is 15.9 Å². The van der Waals surface area contributed by atoms with Crippen molar-refractivity contribution in [3.63, 3.8) is 0 Å². The third-order valence-corrected chi connectivity index (χ3v) is 3.81. The first-order valence-electron chi connectivity index (χ1n) is 6.00. The first-order chi connectivity index (χ1) is 8.08. The summed E-state index contributed by atoms with van der Waals surface area (Å²) in [4.78, 5) is 18.4. The molecule has 0 spiro atoms. The molecule has 0 aliphatic carbocycles. The van der Waals surface area contributed by atoms with Gasteiger partial charge < -0.3 is 4.90 Å². The third kappa shape index (κ3) is 2.86. The van der Waals surface area contributed by atoms with Crippen molar-refractivity contribution in [3.8, 4) is 0 Å². The Morgan fingerprint density at radius 2 is 2.24 bits per heavy atom. The van der Waals surface area contributed by atoms with Crippen LogP contribution in [0.1, 0.15) is 37.2 Å². The molecule has 2 rings (SSSR count). The highest BCUT2D eigenvalue weighted by molar-refractivity contribution is 9.10. The van der Waals surface area contributed by atoms with Gasteiger partial charge in [-0.15, -0.1) is 0 Å². The van der Waals surface area contributed by atoms with E-state index in [2.05, 4.69) is 34.8 Å². The van der Waals surface area contributed by atoms with Crippen LogP contribution in [0.3, 0.4) is 0 Å². The van der Waals surface area contributed by atoms with Crippen LogP contribution in [0.5, 0.6) is 0 Å². The normalized spacial score (nSPS) is 24.8. The molecule has 1 fully saturated rings. The fourth-order valence-corrected chi connectivity index (χ4v) is 2.59. The lowest BCUT2D eigenvalue weighted by Gasteiger charge is -2.36. The average molecular weight is 297 g/mol. The number of hydrogen-bond acceptors (Lipinski definition) is 2. The van der Waals surface area contributed by atoms with Crippen LogP contribution in [0.4, 0.5) is 0 Å². The molecule has 1 aromatic rings. The minimum absolute atomic E-state index is 0.0527. The highest BCUT2D eigenvalue weighted by atomic mass is 79.9. The highest BCUT2D eigenvalue weighted by Gasteiger charge is 2.27. The number of carbonyl (C=O) groups excluding carboxylic acids is 1. The summed E-state index contributed by atoms with van der Waals surface area (Å²) in [5.41, 5.74) is 0.537. The molecular weight excluding hydrogens is 280 g/mol. The van der Waals surface area contributed by atoms with Gasteiger partial charge in [0, 0.05) is 23.3 Å². The molecule has 92 valence electrons. The van der Waals surface area contributed by atoms with Crippen molar-refractivity contribution in [2.45, 2.75) is 32.7 Å². The average Bonchev–Trinajstić information content (AvgIpc) is 2.29. The molecule has 1 aliphatic heterocycles. The summed E-state index contributed by atoms with van der Waals surface area (Å²) >= 11 is 3.32. The fourth-order valence-electron chi connectivity index (χ4n) is 2.36. The number of hydrogen-bond donors (Lipinski definition) is 0. The lowest BCUT2D eigenvalue weighted by molar-refractivity contribution is 0.0582. The van der Waals surface area contributed by atoms with E-state index in [1.807, 2.05) is 11.0 Å². The monoisotopic (exact) mass is 296 g/mol. The van der Waals surface area contributed by atoms with Crippen LogP contribution < -0.4 is 0 Å². The predicted molar refractivity (Wildman–Crippen MR) is 70.8 cm³/mol. The largest absolute Gasteiger partial charge is 0.335 e. The fraction of sp³-hybridized carbons (Fsp3) is 0.538. The van der Waals surface area contributed by atoms with Gasteiger partial charge >= 0.3 is 0 Å². The van der Waals surface area contributed by atoms with Gasteiger partial charge in [-0.3, -0.25) is 4.79 Å². The molecule has 17 heavy (non-hydrogen) atoms. The van der Waals surface area contributed by atoms with Gasteiger partial charge in [0.25, 0.3) is 5.91 Å². The number of carbonyl (C=O) groups is 1. The van der Waals surface area contributed by atoms with Crippen LogP contribution in [0.15, 0.2) is 22.8 Å². The van der Waals surface area contributed by atoms with Crippen molar-refractivity contribution in [1.82, 2.24) is 9.88 Å². The number of likely N-dealkylation sites (tertiary alicyclic amines) is 1. The first-order valence-corrected chi connectivity index (χ1v) is 6.79. The lowest BCUT2D eigenvalue weighted by Crippen LogP contribution is -2.44. The van der Waals surface area contributed by atoms with Crippen molar-refractivity contribution in [3.05, 3.63) is 28.5 Å². The smallest absolute Gasteiger partial charge is 0.272 e. The molecule has 1 aliphatic rings. The minimum atomic E-state index is 0.0527. The van der Waals surface area contributed by atoms with Crippen LogP contribution in [0.2, 0.25) is 0 Å². The molecule has 2 heterocycles. The number of aromatic nitrogens is 1. The van der Waals surface area contributed by atoms with E-state index in [0.717, 1.165) is 23.9 Å². The molecule has 0 saturated carbocycles. The van der Waals surface area contributed by atoms with Crippen molar-refractivity contribution in [2.24, 2.45) is 5.92 Å². The molecule has 1 aromatic heterocycles. The Labute approximate surface area is 110 Å². The van der Waals surface area contributed by atoms with Gasteiger partial charge in [0.15, 0.2) is 0 Å². The van der Waals surface area contributed by atoms with Crippen molar-refractivity contribution in [1.29, 1.82) is 0 Å². The molecule has 4 heteroatoms. The Morgan fingerprint density at radius 3 is 2.82 bits per heavy atom. The Bertz CT molecular complexity index is 404. The maximum Gasteiger partial charge on any atom is 0.272 e. The summed E-state index contributed by atoms with van der Waals surface area (Å²) < 4.78 is 0.898. The summed E-state index contributed by atoms with van der Waals surface area (Å²) in [6.45, 7) is 5.21. The maximum atomic E-state index is 12.3. The van der Waals surface area contributed by atoms with E-state index in [4.69, 9.17) is 0 Å². The van der Waals surface area contributed by atoms with Crippen molar-refractivity contribution >= 4 is 21.8 Å². The zero-order valence-corrected chi connectivity index (χ0v) is 11.8. The quantitative estimate of drug-likeness (QED) is 0.798. The second kappa shape index (κ2) is 5.17. The van der Waals surface area contributed by atoms with Crippen LogP contribution in [-0.2, 0) is 0 Å². The van der Waals surface area contributed by atoms with E-state index in [1.54, 1.807) is 12.3 Å². The summed E-state index contributed by atoms with van der Waals surface area (Å²) in [5.74, 6) is 0.767. The molecule has 2 unspecified atom stereocenters. The third-order valence-electron chi connectivity index (χ3n) is 3.35. The van der Waals surface area contributed by atoms with Crippen LogP contribution in [0, 0.1) is 5.92 Å². The molecule has 0 N–H and O–H groups in total. The predicted octanol–water partition coefficient (Wildman–Crippen LogP) is 3.10. The van der Waals surface area contributed by atoms with Gasteiger partial charge in [-0.05, 0) is 53.7 Å². The van der Waals surface area contributed by atoms with Gasteiger partial charge in [-0.1, -0.05) is 6.92 Å². The second-order valence-corrected chi connectivity index (χ2v) is 5.75. The number of pyridine rings is 1. The minimum Gasteiger partial charge on any atom is -0.335 e. The standard InChI is InChI=1S/C13H17BrN2O/c1-9-5-6-16(10(2)7-9)13(17)12-4-3-11(14)8-15-12/h3-4,8-10H,5-7H2,1-2H3. The number of piperidine rings is 1. The highest BCUT2D eigenvalue weighted by Crippen LogP contribution is 2.23. The Morgan fingerprint density at radius 1 is 1.47 bits per heavy atom. The summed E-state index contributed by atoms with van der Waals surface area (Å²) in [6.07, 6.45) is 3.85. The summed E-state index contributed by atoms with van der Waals surface area (Å²) in [5, 5.41) is 0. The topological polar surface area (TPSA) is 33.2 Å². The number of halogens is 1. The zero-order valence-electron chi connectivity index (χ0n) is 10.2. The molecule has 1 saturated heterocycles. The van der Waals surface area contributed by atoms with Crippen molar-refractivity contribution < 1.29 is 4.79 Å². The Kier molecular flexibility index (Phi) is 3.82. The van der Waals surface area contributed by atoms with Gasteiger partial charge in [-0.2, -0.15) is 0 Å². The van der Waals surface area contributed by atoms with E-state index >= 15 is 0 Å². The number of amides is 1. The van der Waals surface area contributed by atoms with Crippen LogP contribution in [-0.4, -0.2) is 28.4 Å². The zero-order chi connectivity index (χ0) is 12.4. The number of rotatable bonds is 1. The SMILES string of the molecule is CC1CCN(C(=O)c2ccc(Br)cn2)C(C)C1. The molecule has 2 atom stereocenters. The number of nitrogens with zero attached hydrogens (tertiary/aromatic N) is 2. The van der Waals surface area contributed by atoms with Gasteiger partial charge in [0.05, 0.1) is 0 Å². The van der Waals surface area contributed by atoms with E-state index in [-0.39, 0.29) is 5.91 Å². The first kappa shape index (κ1) is 12.6. The summed E-state index contributed by atoms with van der Waals surface area (Å²) in [7, 11) is 0. The molecule has 0 aromatic carbocycles. The van der Waals surface area contributed by atoms with E-state index in [0.29, 0.717) is 17.7 Å². The van der Waals surface area contributed by atoms with E-state index < -0.39 is 0 Å². The summed E-state index contributed by atoms with van der Waals surface area (Å²) in [6, 6.07) is 3.95. The van der Waals surface area contributed by atoms with Crippen molar-refractivity contribution in [2.75, 3.05) is 6.54 Å². The second-order valence-electron chi connectivity index (χ2n) is 4.84. The van der Waals surface area contributed by atoms with Gasteiger partial charge in [-0.25, -0.2) is 4.98 Å². The van der Waals surface area contributed by atoms with Crippen LogP contribution in [0.25, 0.3) is 0 Å². The molecule has 0 bridgehead atoms. The van der Waals surface area contributed by atoms with Gasteiger partial charge in [0.1, 0.15) is 5.69 Å². The molecule has 0 radical (unpaired) electrons. The Balaban J connectivity index is 2.12. The molecule has 1 amide bonds. The molecule has 3 nitrogen and oxygen atoms in total. The van der Waals surface area contributed by atoms with Gasteiger partial charge in [0.2, 0.25) is 0 Å². The lowest BCUT2D eigenvalue weighted by atomic mass is 9.93.